The van der Waals surface area contributed by atoms with Crippen molar-refractivity contribution in [3.63, 3.8) is 0 Å². The van der Waals surface area contributed by atoms with Gasteiger partial charge in [-0.25, -0.2) is 9.59 Å². The molecule has 2 fully saturated rings. The van der Waals surface area contributed by atoms with Crippen molar-refractivity contribution < 1.29 is 73.1 Å². The highest BCUT2D eigenvalue weighted by atomic mass is 16.8. The Morgan fingerprint density at radius 3 is 2.30 bits per heavy atom. The van der Waals surface area contributed by atoms with Crippen LogP contribution in [0.3, 0.4) is 0 Å². The average Bonchev–Trinajstić information content (AvgIpc) is 3.31. The van der Waals surface area contributed by atoms with E-state index in [1.165, 1.54) is 12.2 Å². The third kappa shape index (κ3) is 8.30. The van der Waals surface area contributed by atoms with Crippen molar-refractivity contribution in [3.8, 4) is 5.75 Å². The molecule has 0 amide bonds. The van der Waals surface area contributed by atoms with Crippen molar-refractivity contribution in [2.45, 2.75) is 70.0 Å². The van der Waals surface area contributed by atoms with Gasteiger partial charge in [0.05, 0.1) is 37.6 Å². The maximum Gasteiger partial charge on any atom is 0.337 e. The van der Waals surface area contributed by atoms with E-state index in [0.29, 0.717) is 11.3 Å². The number of aliphatic hydroxyl groups is 5. The largest absolute Gasteiger partial charge is 0.490 e. The van der Waals surface area contributed by atoms with Gasteiger partial charge in [0.25, 0.3) is 0 Å². The van der Waals surface area contributed by atoms with Gasteiger partial charge in [-0.3, -0.25) is 4.79 Å². The van der Waals surface area contributed by atoms with Crippen LogP contribution in [0, 0.1) is 23.7 Å². The smallest absolute Gasteiger partial charge is 0.337 e. The Labute approximate surface area is 271 Å². The number of esters is 3. The molecular weight excluding hydrogens is 624 g/mol. The third-order valence-corrected chi connectivity index (χ3v) is 8.40. The SMILES string of the molecule is COC(=O)C1=CO[C@@H](O[C@H]2O[C@@H](CO)[C@H](O)[C@@H](O)[C@@H]2O)[C@@H]2[C@@H](C)[C@@H](OC(=O)/C=C/c3ccc(OCCOC(=O)C(C)C)cc3)[C@@H](O)[C@H]12. The fraction of sp³-hybridized carbons (Fsp3) is 0.594. The molecule has 2 aliphatic heterocycles. The number of hydrogen-bond acceptors (Lipinski definition) is 15. The first-order valence-corrected chi connectivity index (χ1v) is 15.2. The first-order chi connectivity index (χ1) is 22.4. The molecule has 1 aliphatic carbocycles. The number of carbonyl (C=O) groups excluding carboxylic acids is 3. The topological polar surface area (TPSA) is 217 Å². The highest BCUT2D eigenvalue weighted by molar-refractivity contribution is 5.89. The average molecular weight is 667 g/mol. The monoisotopic (exact) mass is 666 g/mol. The normalized spacial score (nSPS) is 33.5. The summed E-state index contributed by atoms with van der Waals surface area (Å²) in [4.78, 5) is 37.0. The van der Waals surface area contributed by atoms with Crippen LogP contribution in [0.25, 0.3) is 6.08 Å². The van der Waals surface area contributed by atoms with E-state index in [9.17, 15) is 39.9 Å². The molecule has 1 saturated heterocycles. The molecule has 0 bridgehead atoms. The Hall–Kier alpha value is -3.57. The van der Waals surface area contributed by atoms with Gasteiger partial charge in [0.1, 0.15) is 49.5 Å². The molecule has 0 spiro atoms. The van der Waals surface area contributed by atoms with Crippen LogP contribution in [0.5, 0.6) is 5.75 Å². The summed E-state index contributed by atoms with van der Waals surface area (Å²) >= 11 is 0. The second-order valence-corrected chi connectivity index (χ2v) is 11.8. The van der Waals surface area contributed by atoms with Gasteiger partial charge in [-0.1, -0.05) is 32.9 Å². The summed E-state index contributed by atoms with van der Waals surface area (Å²) in [6, 6.07) is 6.76. The number of ether oxygens (including phenoxy) is 7. The van der Waals surface area contributed by atoms with Crippen LogP contribution < -0.4 is 4.74 Å². The molecule has 15 heteroatoms. The zero-order valence-corrected chi connectivity index (χ0v) is 26.4. The summed E-state index contributed by atoms with van der Waals surface area (Å²) in [6.07, 6.45) is -7.90. The highest BCUT2D eigenvalue weighted by Gasteiger charge is 2.59. The highest BCUT2D eigenvalue weighted by Crippen LogP contribution is 2.49. The van der Waals surface area contributed by atoms with Crippen molar-refractivity contribution in [1.82, 2.24) is 0 Å². The van der Waals surface area contributed by atoms with Crippen LogP contribution in [-0.4, -0.2) is 120 Å². The number of methoxy groups -OCH3 is 1. The molecule has 3 aliphatic rings. The van der Waals surface area contributed by atoms with Crippen LogP contribution in [0.1, 0.15) is 26.3 Å². The zero-order chi connectivity index (χ0) is 34.4. The van der Waals surface area contributed by atoms with Gasteiger partial charge in [-0.05, 0) is 23.8 Å². The molecule has 15 nitrogen and oxygen atoms in total. The van der Waals surface area contributed by atoms with Crippen molar-refractivity contribution in [1.29, 1.82) is 0 Å². The Kier molecular flexibility index (Phi) is 12.4. The second kappa shape index (κ2) is 16.0. The minimum absolute atomic E-state index is 0.0278. The number of aliphatic hydroxyl groups excluding tert-OH is 5. The first-order valence-electron chi connectivity index (χ1n) is 15.2. The molecule has 260 valence electrons. The molecule has 2 heterocycles. The van der Waals surface area contributed by atoms with E-state index in [1.54, 1.807) is 45.0 Å². The van der Waals surface area contributed by atoms with Crippen molar-refractivity contribution in [2.75, 3.05) is 26.9 Å². The van der Waals surface area contributed by atoms with Gasteiger partial charge in [-0.2, -0.15) is 0 Å². The summed E-state index contributed by atoms with van der Waals surface area (Å²) in [7, 11) is 1.16. The number of rotatable bonds is 12. The third-order valence-electron chi connectivity index (χ3n) is 8.40. The molecule has 4 rings (SSSR count). The number of carbonyl (C=O) groups is 3. The Bertz CT molecular complexity index is 1290. The molecule has 0 aromatic heterocycles. The van der Waals surface area contributed by atoms with E-state index in [0.717, 1.165) is 13.4 Å². The molecule has 0 radical (unpaired) electrons. The van der Waals surface area contributed by atoms with E-state index >= 15 is 0 Å². The van der Waals surface area contributed by atoms with Crippen LogP contribution in [0.15, 0.2) is 42.2 Å². The molecular formula is C32H42O15. The number of hydrogen-bond donors (Lipinski definition) is 5. The number of benzene rings is 1. The lowest BCUT2D eigenvalue weighted by Gasteiger charge is -2.43. The second-order valence-electron chi connectivity index (χ2n) is 11.8. The van der Waals surface area contributed by atoms with Gasteiger partial charge in [0.15, 0.2) is 6.29 Å². The molecule has 11 atom stereocenters. The lowest BCUT2D eigenvalue weighted by Crippen LogP contribution is -2.60. The Morgan fingerprint density at radius 2 is 1.66 bits per heavy atom. The van der Waals surface area contributed by atoms with Crippen molar-refractivity contribution in [2.24, 2.45) is 23.7 Å². The summed E-state index contributed by atoms with van der Waals surface area (Å²) in [5.74, 6) is -4.05. The van der Waals surface area contributed by atoms with E-state index in [2.05, 4.69) is 0 Å². The summed E-state index contributed by atoms with van der Waals surface area (Å²) < 4.78 is 38.1. The fourth-order valence-corrected chi connectivity index (χ4v) is 5.80. The fourth-order valence-electron chi connectivity index (χ4n) is 5.80. The van der Waals surface area contributed by atoms with Crippen LogP contribution in [0.2, 0.25) is 0 Å². The first kappa shape index (κ1) is 36.3. The minimum atomic E-state index is -1.73. The van der Waals surface area contributed by atoms with Gasteiger partial charge < -0.3 is 58.7 Å². The summed E-state index contributed by atoms with van der Waals surface area (Å²) in [5.41, 5.74) is 0.617. The predicted molar refractivity (Wildman–Crippen MR) is 159 cm³/mol. The molecule has 1 aromatic carbocycles. The maximum atomic E-state index is 12.9. The van der Waals surface area contributed by atoms with Crippen LogP contribution in [-0.2, 0) is 42.8 Å². The molecule has 0 unspecified atom stereocenters. The van der Waals surface area contributed by atoms with Crippen LogP contribution >= 0.6 is 0 Å². The zero-order valence-electron chi connectivity index (χ0n) is 26.4. The van der Waals surface area contributed by atoms with E-state index < -0.39 is 85.5 Å². The van der Waals surface area contributed by atoms with Crippen LogP contribution in [0.4, 0.5) is 0 Å². The summed E-state index contributed by atoms with van der Waals surface area (Å²) in [6.45, 7) is 4.75. The van der Waals surface area contributed by atoms with E-state index in [4.69, 9.17) is 33.2 Å². The summed E-state index contributed by atoms with van der Waals surface area (Å²) in [5, 5.41) is 51.6. The Balaban J connectivity index is 1.41. The number of fused-ring (bicyclic) bond motifs is 1. The minimum Gasteiger partial charge on any atom is -0.490 e. The quantitative estimate of drug-likeness (QED) is 0.0835. The van der Waals surface area contributed by atoms with Crippen molar-refractivity contribution >= 4 is 24.0 Å². The van der Waals surface area contributed by atoms with Crippen molar-refractivity contribution in [3.05, 3.63) is 47.7 Å². The lowest BCUT2D eigenvalue weighted by atomic mass is 9.82. The van der Waals surface area contributed by atoms with E-state index in [-0.39, 0.29) is 30.7 Å². The molecule has 1 saturated carbocycles. The van der Waals surface area contributed by atoms with Gasteiger partial charge in [0, 0.05) is 23.8 Å². The van der Waals surface area contributed by atoms with E-state index in [1.807, 2.05) is 0 Å². The lowest BCUT2D eigenvalue weighted by molar-refractivity contribution is -0.343. The van der Waals surface area contributed by atoms with Gasteiger partial charge in [-0.15, -0.1) is 0 Å². The maximum absolute atomic E-state index is 12.9. The predicted octanol–water partition coefficient (Wildman–Crippen LogP) is -0.338. The van der Waals surface area contributed by atoms with Gasteiger partial charge in [0.2, 0.25) is 6.29 Å². The standard InChI is InChI=1S/C32H42O15/c1-15(2)29(39)43-12-11-42-18-8-5-17(6-9-18)7-10-21(34)46-28-16(3)22-23(25(28)36)19(30(40)41-4)14-44-31(22)47-32-27(38)26(37)24(35)20(13-33)45-32/h5-10,14-16,20,22-28,31-33,35-38H,11-13H2,1-4H3/b10-7+/t16-,20+,22-,23-,24+,25+,26-,27+,28-,31+,32-/m1/s1. The molecule has 5 N–H and O–H groups in total. The Morgan fingerprint density at radius 1 is 0.957 bits per heavy atom. The molecule has 47 heavy (non-hydrogen) atoms. The molecule has 1 aromatic rings. The van der Waals surface area contributed by atoms with Gasteiger partial charge >= 0.3 is 17.9 Å².